The van der Waals surface area contributed by atoms with Gasteiger partial charge in [-0.05, 0) is 37.5 Å². The molecule has 0 radical (unpaired) electrons. The van der Waals surface area contributed by atoms with Crippen molar-refractivity contribution in [3.63, 3.8) is 0 Å². The van der Waals surface area contributed by atoms with Crippen molar-refractivity contribution in [1.29, 1.82) is 0 Å². The topological polar surface area (TPSA) is 20.3 Å². The summed E-state index contributed by atoms with van der Waals surface area (Å²) >= 11 is 3.51. The standard InChI is InChI=1S/C11H18BrNO/c12-7-10-2-1-5-13(8-10)11(14)6-9-3-4-9/h9-10H,1-8H2. The van der Waals surface area contributed by atoms with Gasteiger partial charge in [-0.3, -0.25) is 4.79 Å². The Balaban J connectivity index is 1.79. The van der Waals surface area contributed by atoms with E-state index in [0.29, 0.717) is 11.8 Å². The van der Waals surface area contributed by atoms with Crippen LogP contribution in [0.15, 0.2) is 0 Å². The summed E-state index contributed by atoms with van der Waals surface area (Å²) in [5, 5.41) is 1.04. The predicted molar refractivity (Wildman–Crippen MR) is 60.4 cm³/mol. The Kier molecular flexibility index (Phi) is 3.47. The summed E-state index contributed by atoms with van der Waals surface area (Å²) in [6.45, 7) is 1.98. The van der Waals surface area contributed by atoms with E-state index in [1.165, 1.54) is 25.7 Å². The van der Waals surface area contributed by atoms with Gasteiger partial charge < -0.3 is 4.90 Å². The molecule has 0 spiro atoms. The first-order valence-electron chi connectivity index (χ1n) is 5.63. The fourth-order valence-electron chi connectivity index (χ4n) is 2.12. The first kappa shape index (κ1) is 10.5. The molecule has 2 nitrogen and oxygen atoms in total. The number of halogens is 1. The maximum atomic E-state index is 11.8. The lowest BCUT2D eigenvalue weighted by molar-refractivity contribution is -0.133. The molecule has 1 amide bonds. The van der Waals surface area contributed by atoms with Crippen molar-refractivity contribution in [3.05, 3.63) is 0 Å². The third-order valence-electron chi connectivity index (χ3n) is 3.25. The fourth-order valence-corrected chi connectivity index (χ4v) is 2.64. The number of carbonyl (C=O) groups excluding carboxylic acids is 1. The van der Waals surface area contributed by atoms with E-state index in [0.717, 1.165) is 30.8 Å². The van der Waals surface area contributed by atoms with Crippen molar-refractivity contribution in [2.75, 3.05) is 18.4 Å². The molecule has 0 bridgehead atoms. The lowest BCUT2D eigenvalue weighted by Crippen LogP contribution is -2.40. The van der Waals surface area contributed by atoms with Crippen LogP contribution in [0.2, 0.25) is 0 Å². The maximum absolute atomic E-state index is 11.8. The second-order valence-corrected chi connectivity index (χ2v) is 5.30. The van der Waals surface area contributed by atoms with Crippen LogP contribution in [-0.4, -0.2) is 29.2 Å². The monoisotopic (exact) mass is 259 g/mol. The van der Waals surface area contributed by atoms with Crippen LogP contribution >= 0.6 is 15.9 Å². The molecule has 0 aromatic heterocycles. The summed E-state index contributed by atoms with van der Waals surface area (Å²) < 4.78 is 0. The predicted octanol–water partition coefficient (Wildman–Crippen LogP) is 2.42. The number of hydrogen-bond donors (Lipinski definition) is 0. The summed E-state index contributed by atoms with van der Waals surface area (Å²) in [5.74, 6) is 1.82. The van der Waals surface area contributed by atoms with E-state index in [4.69, 9.17) is 0 Å². The van der Waals surface area contributed by atoms with Crippen LogP contribution in [0.3, 0.4) is 0 Å². The smallest absolute Gasteiger partial charge is 0.222 e. The fraction of sp³-hybridized carbons (Fsp3) is 0.909. The molecule has 1 atom stereocenters. The van der Waals surface area contributed by atoms with Gasteiger partial charge in [0.1, 0.15) is 0 Å². The van der Waals surface area contributed by atoms with Crippen LogP contribution in [0.4, 0.5) is 0 Å². The molecular weight excluding hydrogens is 242 g/mol. The molecule has 1 heterocycles. The van der Waals surface area contributed by atoms with Crippen LogP contribution in [0.25, 0.3) is 0 Å². The number of carbonyl (C=O) groups is 1. The van der Waals surface area contributed by atoms with Gasteiger partial charge in [-0.25, -0.2) is 0 Å². The average Bonchev–Trinajstić information content (AvgIpc) is 3.02. The van der Waals surface area contributed by atoms with Gasteiger partial charge in [0, 0.05) is 24.8 Å². The molecule has 2 rings (SSSR count). The molecule has 14 heavy (non-hydrogen) atoms. The molecule has 0 aromatic rings. The average molecular weight is 260 g/mol. The van der Waals surface area contributed by atoms with E-state index < -0.39 is 0 Å². The molecule has 1 aliphatic heterocycles. The number of rotatable bonds is 3. The Hall–Kier alpha value is -0.0500. The molecule has 1 saturated heterocycles. The van der Waals surface area contributed by atoms with Gasteiger partial charge in [0.05, 0.1) is 0 Å². The van der Waals surface area contributed by atoms with E-state index >= 15 is 0 Å². The molecule has 0 N–H and O–H groups in total. The van der Waals surface area contributed by atoms with Crippen molar-refractivity contribution in [3.8, 4) is 0 Å². The largest absolute Gasteiger partial charge is 0.342 e. The van der Waals surface area contributed by atoms with Gasteiger partial charge in [-0.15, -0.1) is 0 Å². The Labute approximate surface area is 94.2 Å². The molecular formula is C11H18BrNO. The highest BCUT2D eigenvalue weighted by molar-refractivity contribution is 9.09. The second kappa shape index (κ2) is 4.65. The van der Waals surface area contributed by atoms with E-state index in [1.54, 1.807) is 0 Å². The lowest BCUT2D eigenvalue weighted by atomic mass is 10.00. The number of nitrogens with zero attached hydrogens (tertiary/aromatic N) is 1. The summed E-state index contributed by atoms with van der Waals surface area (Å²) in [7, 11) is 0. The summed E-state index contributed by atoms with van der Waals surface area (Å²) in [4.78, 5) is 13.9. The minimum absolute atomic E-state index is 0.401. The number of amides is 1. The Morgan fingerprint density at radius 2 is 2.07 bits per heavy atom. The van der Waals surface area contributed by atoms with Crippen LogP contribution in [-0.2, 0) is 4.79 Å². The lowest BCUT2D eigenvalue weighted by Gasteiger charge is -2.32. The molecule has 1 aliphatic carbocycles. The van der Waals surface area contributed by atoms with Gasteiger partial charge in [0.15, 0.2) is 0 Å². The molecule has 1 saturated carbocycles. The molecule has 2 aliphatic rings. The zero-order chi connectivity index (χ0) is 9.97. The van der Waals surface area contributed by atoms with Crippen LogP contribution in [0, 0.1) is 11.8 Å². The Morgan fingerprint density at radius 3 is 2.71 bits per heavy atom. The van der Waals surface area contributed by atoms with Gasteiger partial charge in [-0.2, -0.15) is 0 Å². The number of likely N-dealkylation sites (tertiary alicyclic amines) is 1. The molecule has 3 heteroatoms. The van der Waals surface area contributed by atoms with Crippen molar-refractivity contribution in [2.45, 2.75) is 32.1 Å². The molecule has 80 valence electrons. The van der Waals surface area contributed by atoms with E-state index in [1.807, 2.05) is 0 Å². The third-order valence-corrected chi connectivity index (χ3v) is 4.17. The van der Waals surface area contributed by atoms with E-state index in [2.05, 4.69) is 20.8 Å². The summed E-state index contributed by atoms with van der Waals surface area (Å²) in [5.41, 5.74) is 0. The minimum atomic E-state index is 0.401. The zero-order valence-corrected chi connectivity index (χ0v) is 10.1. The van der Waals surface area contributed by atoms with Gasteiger partial charge >= 0.3 is 0 Å². The third kappa shape index (κ3) is 2.72. The highest BCUT2D eigenvalue weighted by Crippen LogP contribution is 2.33. The molecule has 0 aromatic carbocycles. The van der Waals surface area contributed by atoms with Gasteiger partial charge in [-0.1, -0.05) is 15.9 Å². The van der Waals surface area contributed by atoms with Crippen LogP contribution < -0.4 is 0 Å². The number of hydrogen-bond acceptors (Lipinski definition) is 1. The quantitative estimate of drug-likeness (QED) is 0.714. The highest BCUT2D eigenvalue weighted by atomic mass is 79.9. The first-order chi connectivity index (χ1) is 6.79. The van der Waals surface area contributed by atoms with Crippen molar-refractivity contribution >= 4 is 21.8 Å². The van der Waals surface area contributed by atoms with E-state index in [-0.39, 0.29) is 0 Å². The van der Waals surface area contributed by atoms with Crippen molar-refractivity contribution < 1.29 is 4.79 Å². The number of alkyl halides is 1. The minimum Gasteiger partial charge on any atom is -0.342 e. The Morgan fingerprint density at radius 1 is 1.29 bits per heavy atom. The van der Waals surface area contributed by atoms with Crippen LogP contribution in [0.5, 0.6) is 0 Å². The van der Waals surface area contributed by atoms with Gasteiger partial charge in [0.2, 0.25) is 5.91 Å². The van der Waals surface area contributed by atoms with Crippen LogP contribution in [0.1, 0.15) is 32.1 Å². The molecule has 1 unspecified atom stereocenters. The maximum Gasteiger partial charge on any atom is 0.222 e. The second-order valence-electron chi connectivity index (χ2n) is 4.65. The summed E-state index contributed by atoms with van der Waals surface area (Å²) in [6, 6.07) is 0. The Bertz CT molecular complexity index is 215. The summed E-state index contributed by atoms with van der Waals surface area (Å²) in [6.07, 6.45) is 5.84. The zero-order valence-electron chi connectivity index (χ0n) is 8.54. The normalized spacial score (nSPS) is 27.8. The first-order valence-corrected chi connectivity index (χ1v) is 6.75. The number of piperidine rings is 1. The van der Waals surface area contributed by atoms with E-state index in [9.17, 15) is 4.79 Å². The van der Waals surface area contributed by atoms with Gasteiger partial charge in [0.25, 0.3) is 0 Å². The highest BCUT2D eigenvalue weighted by Gasteiger charge is 2.29. The van der Waals surface area contributed by atoms with Crippen molar-refractivity contribution in [1.82, 2.24) is 4.90 Å². The van der Waals surface area contributed by atoms with Crippen molar-refractivity contribution in [2.24, 2.45) is 11.8 Å². The molecule has 2 fully saturated rings. The SMILES string of the molecule is O=C(CC1CC1)N1CCCC(CBr)C1.